The van der Waals surface area contributed by atoms with Gasteiger partial charge in [0.25, 0.3) is 0 Å². The molecular formula is C16H18BrNO. The Bertz CT molecular complexity index is 654. The van der Waals surface area contributed by atoms with E-state index in [1.54, 1.807) is 0 Å². The summed E-state index contributed by atoms with van der Waals surface area (Å²) in [5.41, 5.74) is 3.71. The highest BCUT2D eigenvalue weighted by atomic mass is 79.9. The Balaban J connectivity index is 2.33. The predicted octanol–water partition coefficient (Wildman–Crippen LogP) is 4.58. The van der Waals surface area contributed by atoms with E-state index in [9.17, 15) is 4.79 Å². The van der Waals surface area contributed by atoms with Gasteiger partial charge in [-0.3, -0.25) is 9.36 Å². The van der Waals surface area contributed by atoms with Crippen LogP contribution in [0.3, 0.4) is 0 Å². The Morgan fingerprint density at radius 3 is 2.74 bits per heavy atom. The lowest BCUT2D eigenvalue weighted by molar-refractivity contribution is 0.0857. The number of aryl methyl sites for hydroxylation is 1. The predicted molar refractivity (Wildman–Crippen MR) is 81.7 cm³/mol. The summed E-state index contributed by atoms with van der Waals surface area (Å²) in [6.45, 7) is 3.95. The van der Waals surface area contributed by atoms with Crippen molar-refractivity contribution in [1.29, 1.82) is 0 Å². The van der Waals surface area contributed by atoms with E-state index in [1.165, 1.54) is 29.5 Å². The lowest BCUT2D eigenvalue weighted by Crippen LogP contribution is -2.20. The zero-order valence-corrected chi connectivity index (χ0v) is 13.0. The lowest BCUT2D eigenvalue weighted by Gasteiger charge is -2.16. The van der Waals surface area contributed by atoms with E-state index in [4.69, 9.17) is 0 Å². The van der Waals surface area contributed by atoms with E-state index in [0.29, 0.717) is 0 Å². The molecule has 1 aliphatic carbocycles. The summed E-state index contributed by atoms with van der Waals surface area (Å²) in [7, 11) is 0. The Kier molecular flexibility index (Phi) is 3.25. The van der Waals surface area contributed by atoms with Gasteiger partial charge in [-0.25, -0.2) is 0 Å². The SMILES string of the molecule is CC(C)C(=O)n1c2c(c3cc(Br)ccc31)CCCC2. The van der Waals surface area contributed by atoms with E-state index < -0.39 is 0 Å². The Morgan fingerprint density at radius 1 is 1.26 bits per heavy atom. The smallest absolute Gasteiger partial charge is 0.233 e. The molecule has 1 aliphatic rings. The number of carbonyl (C=O) groups is 1. The number of fused-ring (bicyclic) bond motifs is 3. The van der Waals surface area contributed by atoms with Gasteiger partial charge in [-0.05, 0) is 49.4 Å². The molecular weight excluding hydrogens is 302 g/mol. The topological polar surface area (TPSA) is 22.0 Å². The van der Waals surface area contributed by atoms with Gasteiger partial charge in [0, 0.05) is 21.5 Å². The number of hydrogen-bond donors (Lipinski definition) is 0. The minimum absolute atomic E-state index is 0.0327. The third-order valence-electron chi connectivity index (χ3n) is 3.95. The number of halogens is 1. The first-order valence-corrected chi connectivity index (χ1v) is 7.75. The number of nitrogens with zero attached hydrogens (tertiary/aromatic N) is 1. The molecule has 0 spiro atoms. The molecule has 0 radical (unpaired) electrons. The van der Waals surface area contributed by atoms with Crippen molar-refractivity contribution in [3.8, 4) is 0 Å². The molecule has 1 aromatic heterocycles. The Hall–Kier alpha value is -1.09. The minimum Gasteiger partial charge on any atom is -0.284 e. The number of benzene rings is 1. The maximum Gasteiger partial charge on any atom is 0.233 e. The molecule has 0 atom stereocenters. The highest BCUT2D eigenvalue weighted by Crippen LogP contribution is 2.34. The number of rotatable bonds is 1. The van der Waals surface area contributed by atoms with Crippen molar-refractivity contribution >= 4 is 32.7 Å². The van der Waals surface area contributed by atoms with Crippen LogP contribution in [0.2, 0.25) is 0 Å². The number of carbonyl (C=O) groups excluding carboxylic acids is 1. The van der Waals surface area contributed by atoms with E-state index in [1.807, 2.05) is 24.5 Å². The van der Waals surface area contributed by atoms with E-state index in [2.05, 4.69) is 28.1 Å². The van der Waals surface area contributed by atoms with Crippen LogP contribution in [0.5, 0.6) is 0 Å². The van der Waals surface area contributed by atoms with Crippen molar-refractivity contribution in [2.45, 2.75) is 39.5 Å². The van der Waals surface area contributed by atoms with Gasteiger partial charge in [-0.1, -0.05) is 29.8 Å². The Labute approximate surface area is 121 Å². The van der Waals surface area contributed by atoms with Crippen LogP contribution in [-0.4, -0.2) is 10.5 Å². The molecule has 2 nitrogen and oxygen atoms in total. The highest BCUT2D eigenvalue weighted by molar-refractivity contribution is 9.10. The van der Waals surface area contributed by atoms with Crippen molar-refractivity contribution < 1.29 is 4.79 Å². The van der Waals surface area contributed by atoms with Crippen LogP contribution in [0.4, 0.5) is 0 Å². The van der Waals surface area contributed by atoms with Gasteiger partial charge in [0.2, 0.25) is 5.91 Å². The Morgan fingerprint density at radius 2 is 2.00 bits per heavy atom. The van der Waals surface area contributed by atoms with Crippen LogP contribution in [-0.2, 0) is 12.8 Å². The van der Waals surface area contributed by atoms with Gasteiger partial charge in [-0.15, -0.1) is 0 Å². The van der Waals surface area contributed by atoms with Crippen LogP contribution in [0.15, 0.2) is 22.7 Å². The maximum absolute atomic E-state index is 12.5. The van der Waals surface area contributed by atoms with Crippen molar-refractivity contribution in [2.75, 3.05) is 0 Å². The first kappa shape index (κ1) is 12.9. The molecule has 1 aromatic carbocycles. The summed E-state index contributed by atoms with van der Waals surface area (Å²) in [6.07, 6.45) is 4.55. The number of hydrogen-bond acceptors (Lipinski definition) is 1. The van der Waals surface area contributed by atoms with Crippen molar-refractivity contribution in [1.82, 2.24) is 4.57 Å². The molecule has 19 heavy (non-hydrogen) atoms. The molecule has 3 heteroatoms. The van der Waals surface area contributed by atoms with Crippen molar-refractivity contribution in [3.05, 3.63) is 33.9 Å². The standard InChI is InChI=1S/C16H18BrNO/c1-10(2)16(19)18-14-6-4-3-5-12(14)13-9-11(17)7-8-15(13)18/h7-10H,3-6H2,1-2H3. The lowest BCUT2D eigenvalue weighted by atomic mass is 9.95. The minimum atomic E-state index is 0.0327. The van der Waals surface area contributed by atoms with Crippen LogP contribution in [0.25, 0.3) is 10.9 Å². The first-order valence-electron chi connectivity index (χ1n) is 6.95. The van der Waals surface area contributed by atoms with Crippen molar-refractivity contribution in [2.24, 2.45) is 5.92 Å². The van der Waals surface area contributed by atoms with Gasteiger partial charge >= 0.3 is 0 Å². The van der Waals surface area contributed by atoms with Gasteiger partial charge in [0.15, 0.2) is 0 Å². The van der Waals surface area contributed by atoms with E-state index in [0.717, 1.165) is 22.8 Å². The van der Waals surface area contributed by atoms with Gasteiger partial charge in [0.05, 0.1) is 5.52 Å². The first-order chi connectivity index (χ1) is 9.09. The number of aromatic nitrogens is 1. The average Bonchev–Trinajstić information content (AvgIpc) is 2.72. The average molecular weight is 320 g/mol. The van der Waals surface area contributed by atoms with E-state index >= 15 is 0 Å². The molecule has 0 saturated heterocycles. The fraction of sp³-hybridized carbons (Fsp3) is 0.438. The van der Waals surface area contributed by atoms with Crippen LogP contribution in [0.1, 0.15) is 42.7 Å². The molecule has 2 aromatic rings. The molecule has 0 unspecified atom stereocenters. The molecule has 0 saturated carbocycles. The van der Waals surface area contributed by atoms with Crippen molar-refractivity contribution in [3.63, 3.8) is 0 Å². The fourth-order valence-corrected chi connectivity index (χ4v) is 3.39. The normalized spacial score (nSPS) is 14.9. The third kappa shape index (κ3) is 2.04. The summed E-state index contributed by atoms with van der Waals surface area (Å²) in [6, 6.07) is 6.25. The van der Waals surface area contributed by atoms with Gasteiger partial charge < -0.3 is 0 Å². The second-order valence-electron chi connectivity index (χ2n) is 5.62. The monoisotopic (exact) mass is 319 g/mol. The summed E-state index contributed by atoms with van der Waals surface area (Å²) in [5, 5.41) is 1.25. The molecule has 100 valence electrons. The third-order valence-corrected chi connectivity index (χ3v) is 4.44. The highest BCUT2D eigenvalue weighted by Gasteiger charge is 2.24. The summed E-state index contributed by atoms with van der Waals surface area (Å²) in [4.78, 5) is 12.5. The second-order valence-corrected chi connectivity index (χ2v) is 6.54. The zero-order chi connectivity index (χ0) is 13.6. The summed E-state index contributed by atoms with van der Waals surface area (Å²) >= 11 is 3.54. The van der Waals surface area contributed by atoms with Crippen LogP contribution < -0.4 is 0 Å². The van der Waals surface area contributed by atoms with Crippen LogP contribution >= 0.6 is 15.9 Å². The maximum atomic E-state index is 12.5. The van der Waals surface area contributed by atoms with E-state index in [-0.39, 0.29) is 11.8 Å². The molecule has 3 rings (SSSR count). The molecule has 0 N–H and O–H groups in total. The van der Waals surface area contributed by atoms with Crippen LogP contribution in [0, 0.1) is 5.92 Å². The summed E-state index contributed by atoms with van der Waals surface area (Å²) < 4.78 is 3.06. The molecule has 1 heterocycles. The molecule has 0 aliphatic heterocycles. The fourth-order valence-electron chi connectivity index (χ4n) is 3.03. The van der Waals surface area contributed by atoms with Gasteiger partial charge in [0.1, 0.15) is 0 Å². The molecule has 0 fully saturated rings. The molecule has 0 amide bonds. The quantitative estimate of drug-likeness (QED) is 0.754. The van der Waals surface area contributed by atoms with Gasteiger partial charge in [-0.2, -0.15) is 0 Å². The second kappa shape index (κ2) is 4.78. The summed E-state index contributed by atoms with van der Waals surface area (Å²) in [5.74, 6) is 0.251. The zero-order valence-electron chi connectivity index (χ0n) is 11.4. The largest absolute Gasteiger partial charge is 0.284 e. The molecule has 0 bridgehead atoms.